The Hall–Kier alpha value is -4.90. The lowest BCUT2D eigenvalue weighted by atomic mass is 9.81. The second-order valence-corrected chi connectivity index (χ2v) is 9.84. The minimum Gasteiger partial charge on any atom is -0.508 e. The van der Waals surface area contributed by atoms with E-state index < -0.39 is 22.4 Å². The molecule has 0 spiro atoms. The highest BCUT2D eigenvalue weighted by molar-refractivity contribution is 7.98. The summed E-state index contributed by atoms with van der Waals surface area (Å²) in [5.41, 5.74) is 2.47. The average Bonchev–Trinajstić information content (AvgIpc) is 2.96. The SMILES string of the molecule is CCOC(=O)C1=C(c2ccccc2)Nc2nc(SCc3ccc([N+](=O)[O-])cc3)[nH]c(=O)c2C1c1cccc(O)c1. The van der Waals surface area contributed by atoms with E-state index in [1.54, 1.807) is 31.2 Å². The molecule has 0 radical (unpaired) electrons. The van der Waals surface area contributed by atoms with Crippen LogP contribution in [0.25, 0.3) is 5.70 Å². The Morgan fingerprint density at radius 3 is 2.52 bits per heavy atom. The largest absolute Gasteiger partial charge is 0.508 e. The van der Waals surface area contributed by atoms with Crippen LogP contribution in [0.4, 0.5) is 11.5 Å². The Labute approximate surface area is 232 Å². The van der Waals surface area contributed by atoms with Gasteiger partial charge in [-0.1, -0.05) is 66.4 Å². The van der Waals surface area contributed by atoms with Gasteiger partial charge in [-0.25, -0.2) is 9.78 Å². The Kier molecular flexibility index (Phi) is 7.65. The van der Waals surface area contributed by atoms with Gasteiger partial charge in [0.2, 0.25) is 0 Å². The number of aromatic hydroxyl groups is 1. The number of anilines is 1. The molecule has 0 fully saturated rings. The van der Waals surface area contributed by atoms with E-state index in [-0.39, 0.29) is 35.0 Å². The maximum Gasteiger partial charge on any atom is 0.337 e. The van der Waals surface area contributed by atoms with E-state index in [9.17, 15) is 24.8 Å². The van der Waals surface area contributed by atoms with E-state index in [0.717, 1.165) is 5.56 Å². The number of thioether (sulfide) groups is 1. The molecule has 0 saturated carbocycles. The van der Waals surface area contributed by atoms with Crippen LogP contribution in [0.1, 0.15) is 35.1 Å². The number of ether oxygens (including phenoxy) is 1. The fraction of sp³-hybridized carbons (Fsp3) is 0.138. The summed E-state index contributed by atoms with van der Waals surface area (Å²) < 4.78 is 5.43. The summed E-state index contributed by atoms with van der Waals surface area (Å²) in [6, 6.07) is 21.8. The van der Waals surface area contributed by atoms with Crippen molar-refractivity contribution in [3.8, 4) is 5.75 Å². The van der Waals surface area contributed by atoms with Gasteiger partial charge in [0.15, 0.2) is 5.16 Å². The average molecular weight is 557 g/mol. The van der Waals surface area contributed by atoms with Gasteiger partial charge in [0.25, 0.3) is 11.2 Å². The van der Waals surface area contributed by atoms with Crippen molar-refractivity contribution in [3.63, 3.8) is 0 Å². The summed E-state index contributed by atoms with van der Waals surface area (Å²) >= 11 is 1.26. The number of non-ortho nitro benzene ring substituents is 1. The number of carbonyl (C=O) groups is 1. The third-order valence-corrected chi connectivity index (χ3v) is 7.25. The zero-order chi connectivity index (χ0) is 28.2. The molecule has 1 atom stereocenters. The molecule has 5 rings (SSSR count). The number of nitro benzene ring substituents is 1. The van der Waals surface area contributed by atoms with Crippen LogP contribution in [0.5, 0.6) is 5.75 Å². The number of nitrogens with one attached hydrogen (secondary N) is 2. The van der Waals surface area contributed by atoms with Crippen molar-refractivity contribution in [2.45, 2.75) is 23.8 Å². The van der Waals surface area contributed by atoms with Crippen LogP contribution in [-0.4, -0.2) is 32.6 Å². The first-order valence-electron chi connectivity index (χ1n) is 12.4. The molecule has 3 N–H and O–H groups in total. The first-order valence-corrected chi connectivity index (χ1v) is 13.4. The predicted octanol–water partition coefficient (Wildman–Crippen LogP) is 5.21. The van der Waals surface area contributed by atoms with E-state index >= 15 is 0 Å². The summed E-state index contributed by atoms with van der Waals surface area (Å²) in [7, 11) is 0. The van der Waals surface area contributed by atoms with Crippen molar-refractivity contribution in [2.75, 3.05) is 11.9 Å². The van der Waals surface area contributed by atoms with Crippen LogP contribution in [0.2, 0.25) is 0 Å². The van der Waals surface area contributed by atoms with Crippen LogP contribution in [0, 0.1) is 10.1 Å². The van der Waals surface area contributed by atoms with Crippen molar-refractivity contribution in [2.24, 2.45) is 0 Å². The molecular weight excluding hydrogens is 532 g/mol. The monoisotopic (exact) mass is 556 g/mol. The van der Waals surface area contributed by atoms with Crippen LogP contribution >= 0.6 is 11.8 Å². The molecule has 0 bridgehead atoms. The highest BCUT2D eigenvalue weighted by Gasteiger charge is 2.38. The highest BCUT2D eigenvalue weighted by Crippen LogP contribution is 2.43. The minimum atomic E-state index is -0.873. The van der Waals surface area contributed by atoms with Gasteiger partial charge in [-0.15, -0.1) is 0 Å². The van der Waals surface area contributed by atoms with Crippen molar-refractivity contribution in [1.29, 1.82) is 0 Å². The Balaban J connectivity index is 1.61. The molecule has 2 heterocycles. The fourth-order valence-corrected chi connectivity index (χ4v) is 5.35. The molecule has 0 amide bonds. The van der Waals surface area contributed by atoms with E-state index in [2.05, 4.69) is 15.3 Å². The molecule has 3 aromatic carbocycles. The normalized spacial score (nSPS) is 14.3. The lowest BCUT2D eigenvalue weighted by Gasteiger charge is -2.30. The molecule has 0 aliphatic carbocycles. The number of phenolic OH excluding ortho intramolecular Hbond substituents is 1. The summed E-state index contributed by atoms with van der Waals surface area (Å²) in [6.45, 7) is 1.84. The van der Waals surface area contributed by atoms with E-state index in [0.29, 0.717) is 27.7 Å². The summed E-state index contributed by atoms with van der Waals surface area (Å²) in [5, 5.41) is 24.7. The van der Waals surface area contributed by atoms with Crippen LogP contribution in [0.3, 0.4) is 0 Å². The van der Waals surface area contributed by atoms with Crippen molar-refractivity contribution >= 4 is 34.9 Å². The van der Waals surface area contributed by atoms with Gasteiger partial charge < -0.3 is 20.1 Å². The van der Waals surface area contributed by atoms with Crippen molar-refractivity contribution < 1.29 is 19.6 Å². The number of benzene rings is 3. The molecule has 4 aromatic rings. The van der Waals surface area contributed by atoms with Gasteiger partial charge in [-0.2, -0.15) is 0 Å². The third kappa shape index (κ3) is 5.45. The highest BCUT2D eigenvalue weighted by atomic mass is 32.2. The molecule has 40 heavy (non-hydrogen) atoms. The summed E-state index contributed by atoms with van der Waals surface area (Å²) in [6.07, 6.45) is 0. The number of phenols is 1. The minimum absolute atomic E-state index is 0.00566. The molecule has 1 aliphatic heterocycles. The number of hydrogen-bond acceptors (Lipinski definition) is 9. The molecule has 0 saturated heterocycles. The number of carbonyl (C=O) groups excluding carboxylic acids is 1. The van der Waals surface area contributed by atoms with E-state index in [1.165, 1.54) is 36.0 Å². The molecule has 1 aliphatic rings. The lowest BCUT2D eigenvalue weighted by Crippen LogP contribution is -2.31. The standard InChI is InChI=1S/C29H24N4O6S/c1-2-39-28(36)23-22(19-9-6-10-21(34)15-19)24-26(30-25(23)18-7-4-3-5-8-18)31-29(32-27(24)35)40-16-17-11-13-20(14-12-17)33(37)38/h3-15,22,34H,2,16H2,1H3,(H2,30,31,32,35). The number of H-pyrrole nitrogens is 1. The molecular formula is C29H24N4O6S. The van der Waals surface area contributed by atoms with Crippen molar-refractivity contribution in [3.05, 3.63) is 127 Å². The third-order valence-electron chi connectivity index (χ3n) is 6.31. The molecule has 202 valence electrons. The molecule has 10 nitrogen and oxygen atoms in total. The predicted molar refractivity (Wildman–Crippen MR) is 151 cm³/mol. The maximum absolute atomic E-state index is 13.6. The Bertz CT molecular complexity index is 1670. The molecule has 1 unspecified atom stereocenters. The van der Waals surface area contributed by atoms with Crippen molar-refractivity contribution in [1.82, 2.24) is 9.97 Å². The summed E-state index contributed by atoms with van der Waals surface area (Å²) in [4.78, 5) is 45.0. The van der Waals surface area contributed by atoms with Gasteiger partial charge in [-0.3, -0.25) is 14.9 Å². The number of nitro groups is 1. The fourth-order valence-electron chi connectivity index (χ4n) is 4.53. The second kappa shape index (κ2) is 11.5. The summed E-state index contributed by atoms with van der Waals surface area (Å²) in [5.74, 6) is -0.797. The van der Waals surface area contributed by atoms with Crippen LogP contribution in [-0.2, 0) is 15.3 Å². The van der Waals surface area contributed by atoms with Crippen LogP contribution in [0.15, 0.2) is 94.4 Å². The van der Waals surface area contributed by atoms with Gasteiger partial charge in [0, 0.05) is 17.9 Å². The first kappa shape index (κ1) is 26.7. The number of esters is 1. The van der Waals surface area contributed by atoms with Crippen LogP contribution < -0.4 is 10.9 Å². The van der Waals surface area contributed by atoms with Gasteiger partial charge in [0.1, 0.15) is 11.6 Å². The number of aromatic amines is 1. The van der Waals surface area contributed by atoms with Gasteiger partial charge in [0.05, 0.1) is 34.3 Å². The number of nitrogens with zero attached hydrogens (tertiary/aromatic N) is 2. The number of fused-ring (bicyclic) bond motifs is 1. The van der Waals surface area contributed by atoms with Gasteiger partial charge >= 0.3 is 5.97 Å². The molecule has 1 aromatic heterocycles. The maximum atomic E-state index is 13.6. The number of rotatable bonds is 8. The molecule has 11 heteroatoms. The van der Waals surface area contributed by atoms with E-state index in [4.69, 9.17) is 4.74 Å². The first-order chi connectivity index (χ1) is 19.4. The quantitative estimate of drug-likeness (QED) is 0.0875. The van der Waals surface area contributed by atoms with E-state index in [1.807, 2.05) is 30.3 Å². The zero-order valence-corrected chi connectivity index (χ0v) is 22.1. The van der Waals surface area contributed by atoms with Gasteiger partial charge in [-0.05, 0) is 35.7 Å². The second-order valence-electron chi connectivity index (χ2n) is 8.87. The smallest absolute Gasteiger partial charge is 0.337 e. The lowest BCUT2D eigenvalue weighted by molar-refractivity contribution is -0.384. The Morgan fingerprint density at radius 2 is 1.85 bits per heavy atom. The zero-order valence-electron chi connectivity index (χ0n) is 21.3. The Morgan fingerprint density at radius 1 is 1.10 bits per heavy atom. The number of aromatic nitrogens is 2. The topological polar surface area (TPSA) is 147 Å². The number of hydrogen-bond donors (Lipinski definition) is 3.